The van der Waals surface area contributed by atoms with Gasteiger partial charge in [0.2, 0.25) is 10.0 Å². The summed E-state index contributed by atoms with van der Waals surface area (Å²) < 4.78 is 25.2. The number of hydrogen-bond donors (Lipinski definition) is 3. The van der Waals surface area contributed by atoms with Crippen molar-refractivity contribution < 1.29 is 8.42 Å². The van der Waals surface area contributed by atoms with Crippen LogP contribution in [0.15, 0.2) is 64.6 Å². The largest absolute Gasteiger partial charge is 0.377 e. The molecule has 1 aliphatic rings. The van der Waals surface area contributed by atoms with Gasteiger partial charge in [0, 0.05) is 17.9 Å². The summed E-state index contributed by atoms with van der Waals surface area (Å²) in [7, 11) is -3.32. The van der Waals surface area contributed by atoms with Gasteiger partial charge >= 0.3 is 0 Å². The molecule has 2 heterocycles. The Bertz CT molecular complexity index is 1260. The number of nitrogens with one attached hydrogen (secondary N) is 3. The second kappa shape index (κ2) is 9.05. The number of dihydropyridines is 1. The van der Waals surface area contributed by atoms with Crippen LogP contribution in [-0.2, 0) is 16.4 Å². The highest BCUT2D eigenvalue weighted by Gasteiger charge is 2.30. The number of anilines is 1. The van der Waals surface area contributed by atoms with Crippen molar-refractivity contribution in [3.05, 3.63) is 81.3 Å². The van der Waals surface area contributed by atoms with Gasteiger partial charge < -0.3 is 10.3 Å². The molecule has 0 saturated carbocycles. The maximum Gasteiger partial charge on any atom is 0.257 e. The van der Waals surface area contributed by atoms with E-state index in [0.29, 0.717) is 35.4 Å². The summed E-state index contributed by atoms with van der Waals surface area (Å²) in [5.74, 6) is 0. The van der Waals surface area contributed by atoms with Gasteiger partial charge in [-0.3, -0.25) is 9.52 Å². The van der Waals surface area contributed by atoms with E-state index in [1.165, 1.54) is 0 Å². The zero-order chi connectivity index (χ0) is 23.5. The van der Waals surface area contributed by atoms with Gasteiger partial charge in [0.1, 0.15) is 6.07 Å². The van der Waals surface area contributed by atoms with Gasteiger partial charge in [0.25, 0.3) is 5.56 Å². The minimum absolute atomic E-state index is 0.0504. The lowest BCUT2D eigenvalue weighted by Crippen LogP contribution is -2.41. The first kappa shape index (κ1) is 23.4. The van der Waals surface area contributed by atoms with Crippen molar-refractivity contribution in [2.75, 3.05) is 11.0 Å². The third-order valence-corrected chi connectivity index (χ3v) is 5.92. The molecule has 1 atom stereocenters. The van der Waals surface area contributed by atoms with E-state index in [9.17, 15) is 18.5 Å². The van der Waals surface area contributed by atoms with E-state index in [-0.39, 0.29) is 17.0 Å². The predicted octanol–water partition coefficient (Wildman–Crippen LogP) is 3.56. The summed E-state index contributed by atoms with van der Waals surface area (Å²) >= 11 is 0. The van der Waals surface area contributed by atoms with E-state index in [2.05, 4.69) is 47.9 Å². The molecule has 0 fully saturated rings. The van der Waals surface area contributed by atoms with Crippen LogP contribution in [-0.4, -0.2) is 25.7 Å². The molecule has 0 amide bonds. The maximum atomic E-state index is 12.4. The number of pyridine rings is 1. The molecular formula is C24H28N4O3S. The van der Waals surface area contributed by atoms with E-state index in [4.69, 9.17) is 0 Å². The molecule has 7 nitrogen and oxygen atoms in total. The van der Waals surface area contributed by atoms with Crippen LogP contribution in [0, 0.1) is 16.7 Å². The Morgan fingerprint density at radius 3 is 2.38 bits per heavy atom. The summed E-state index contributed by atoms with van der Waals surface area (Å²) in [5, 5.41) is 13.4. The summed E-state index contributed by atoms with van der Waals surface area (Å²) in [5.41, 5.74) is 3.52. The highest BCUT2D eigenvalue weighted by atomic mass is 32.2. The minimum atomic E-state index is -3.32. The lowest BCUT2D eigenvalue weighted by molar-refractivity contribution is 0.336. The Morgan fingerprint density at radius 2 is 1.81 bits per heavy atom. The van der Waals surface area contributed by atoms with Crippen LogP contribution < -0.4 is 15.6 Å². The molecule has 3 N–H and O–H groups in total. The Labute approximate surface area is 188 Å². The minimum Gasteiger partial charge on any atom is -0.377 e. The van der Waals surface area contributed by atoms with Crippen molar-refractivity contribution in [3.8, 4) is 6.07 Å². The molecule has 8 heteroatoms. The van der Waals surface area contributed by atoms with Crippen LogP contribution in [0.5, 0.6) is 0 Å². The highest BCUT2D eigenvalue weighted by Crippen LogP contribution is 2.33. The first-order chi connectivity index (χ1) is 15.0. The highest BCUT2D eigenvalue weighted by molar-refractivity contribution is 7.92. The predicted molar refractivity (Wildman–Crippen MR) is 127 cm³/mol. The molecule has 1 unspecified atom stereocenters. The molecule has 168 valence electrons. The number of hydrogen-bond acceptors (Lipinski definition) is 5. The molecule has 1 aliphatic heterocycles. The van der Waals surface area contributed by atoms with Crippen LogP contribution in [0.3, 0.4) is 0 Å². The fourth-order valence-electron chi connectivity index (χ4n) is 3.58. The SMILES string of the molecule is CC(C)(C)C1C=C(CCc2ccc(NS(C)(=O)=O)cc2)C(C#N)=C(c2ccc[nH]c2=O)N1. The fourth-order valence-corrected chi connectivity index (χ4v) is 4.14. The average molecular weight is 453 g/mol. The molecule has 0 bridgehead atoms. The monoisotopic (exact) mass is 452 g/mol. The molecule has 2 aromatic rings. The number of sulfonamides is 1. The first-order valence-electron chi connectivity index (χ1n) is 10.3. The van der Waals surface area contributed by atoms with Gasteiger partial charge in [-0.25, -0.2) is 8.42 Å². The normalized spacial score (nSPS) is 16.7. The third-order valence-electron chi connectivity index (χ3n) is 5.31. The number of aromatic nitrogens is 1. The van der Waals surface area contributed by atoms with Crippen LogP contribution in [0.4, 0.5) is 5.69 Å². The van der Waals surface area contributed by atoms with Crippen molar-refractivity contribution in [3.63, 3.8) is 0 Å². The van der Waals surface area contributed by atoms with Gasteiger partial charge in [-0.15, -0.1) is 0 Å². The third kappa shape index (κ3) is 5.68. The molecule has 1 aromatic heterocycles. The lowest BCUT2D eigenvalue weighted by Gasteiger charge is -2.35. The van der Waals surface area contributed by atoms with Gasteiger partial charge in [0.05, 0.1) is 23.1 Å². The Balaban J connectivity index is 1.91. The fraction of sp³-hybridized carbons (Fsp3) is 0.333. The van der Waals surface area contributed by atoms with E-state index in [0.717, 1.165) is 17.4 Å². The van der Waals surface area contributed by atoms with Gasteiger partial charge in [-0.1, -0.05) is 39.0 Å². The van der Waals surface area contributed by atoms with E-state index in [1.807, 2.05) is 12.1 Å². The number of rotatable bonds is 6. The number of H-pyrrole nitrogens is 1. The molecule has 0 radical (unpaired) electrons. The van der Waals surface area contributed by atoms with E-state index < -0.39 is 10.0 Å². The number of nitrogens with zero attached hydrogens (tertiary/aromatic N) is 1. The van der Waals surface area contributed by atoms with Gasteiger partial charge in [-0.05, 0) is 53.7 Å². The molecule has 32 heavy (non-hydrogen) atoms. The number of aromatic amines is 1. The molecule has 1 aromatic carbocycles. The number of allylic oxidation sites excluding steroid dienone is 2. The van der Waals surface area contributed by atoms with Crippen LogP contribution in [0.25, 0.3) is 5.70 Å². The molecule has 3 rings (SSSR count). The quantitative estimate of drug-likeness (QED) is 0.620. The standard InChI is InChI=1S/C24H28N4O3S/c1-24(2,3)21-14-17(10-7-16-8-11-18(12-9-16)28-32(4,30)31)20(15-25)22(27-21)19-6-5-13-26-23(19)29/h5-6,8-9,11-14,21,27-28H,7,10H2,1-4H3,(H,26,29). The second-order valence-corrected chi connectivity index (χ2v) is 10.8. The summed E-state index contributed by atoms with van der Waals surface area (Å²) in [6.45, 7) is 6.32. The zero-order valence-corrected chi connectivity index (χ0v) is 19.5. The number of aryl methyl sites for hydroxylation is 1. The Hall–Kier alpha value is -3.31. The molecule has 0 aliphatic carbocycles. The van der Waals surface area contributed by atoms with Crippen molar-refractivity contribution in [2.45, 2.75) is 39.7 Å². The van der Waals surface area contributed by atoms with Crippen molar-refractivity contribution in [1.29, 1.82) is 5.26 Å². The number of nitriles is 1. The van der Waals surface area contributed by atoms with Gasteiger partial charge in [0.15, 0.2) is 0 Å². The maximum absolute atomic E-state index is 12.4. The lowest BCUT2D eigenvalue weighted by atomic mass is 9.80. The number of benzene rings is 1. The van der Waals surface area contributed by atoms with Crippen LogP contribution >= 0.6 is 0 Å². The zero-order valence-electron chi connectivity index (χ0n) is 18.7. The van der Waals surface area contributed by atoms with Crippen LogP contribution in [0.1, 0.15) is 38.3 Å². The first-order valence-corrected chi connectivity index (χ1v) is 12.2. The topological polar surface area (TPSA) is 115 Å². The van der Waals surface area contributed by atoms with E-state index >= 15 is 0 Å². The van der Waals surface area contributed by atoms with Crippen molar-refractivity contribution >= 4 is 21.4 Å². The second-order valence-electron chi connectivity index (χ2n) is 9.03. The summed E-state index contributed by atoms with van der Waals surface area (Å²) in [6.07, 6.45) is 6.05. The average Bonchev–Trinajstić information content (AvgIpc) is 2.71. The molecule has 0 spiro atoms. The van der Waals surface area contributed by atoms with E-state index in [1.54, 1.807) is 30.5 Å². The van der Waals surface area contributed by atoms with Crippen LogP contribution in [0.2, 0.25) is 0 Å². The van der Waals surface area contributed by atoms with Gasteiger partial charge in [-0.2, -0.15) is 5.26 Å². The summed E-state index contributed by atoms with van der Waals surface area (Å²) in [4.78, 5) is 15.1. The summed E-state index contributed by atoms with van der Waals surface area (Å²) in [6, 6.07) is 12.9. The van der Waals surface area contributed by atoms with Crippen molar-refractivity contribution in [1.82, 2.24) is 10.3 Å². The smallest absolute Gasteiger partial charge is 0.257 e. The Kier molecular flexibility index (Phi) is 6.60. The molecular weight excluding hydrogens is 424 g/mol. The van der Waals surface area contributed by atoms with Crippen molar-refractivity contribution in [2.24, 2.45) is 5.41 Å². The Morgan fingerprint density at radius 1 is 1.12 bits per heavy atom. The molecule has 0 saturated heterocycles.